The highest BCUT2D eigenvalue weighted by molar-refractivity contribution is 7.80. The molecule has 0 aromatic carbocycles. The van der Waals surface area contributed by atoms with E-state index in [1.807, 2.05) is 6.92 Å². The van der Waals surface area contributed by atoms with E-state index in [1.165, 1.54) is 0 Å². The highest BCUT2D eigenvalue weighted by Gasteiger charge is 2.10. The Morgan fingerprint density at radius 1 is 1.25 bits per heavy atom. The van der Waals surface area contributed by atoms with Crippen molar-refractivity contribution in [3.63, 3.8) is 0 Å². The predicted octanol–water partition coefficient (Wildman–Crippen LogP) is 1.29. The molecule has 2 N–H and O–H groups in total. The zero-order valence-corrected chi connectivity index (χ0v) is 6.65. The zero-order valence-electron chi connectivity index (χ0n) is 5.76. The van der Waals surface area contributed by atoms with Crippen molar-refractivity contribution in [1.29, 1.82) is 0 Å². The first-order chi connectivity index (χ1) is 3.55. The smallest absolute Gasteiger partial charge is 0.00464 e. The van der Waals surface area contributed by atoms with Crippen molar-refractivity contribution in [2.75, 3.05) is 0 Å². The summed E-state index contributed by atoms with van der Waals surface area (Å²) in [4.78, 5) is 0. The van der Waals surface area contributed by atoms with Crippen LogP contribution in [0.2, 0.25) is 0 Å². The first kappa shape index (κ1) is 8.31. The summed E-state index contributed by atoms with van der Waals surface area (Å²) in [5, 5.41) is 0.412. The normalized spacial score (nSPS) is 22.1. The Morgan fingerprint density at radius 2 is 1.62 bits per heavy atom. The molecule has 0 aliphatic rings. The van der Waals surface area contributed by atoms with Gasteiger partial charge >= 0.3 is 0 Å². The standard InChI is InChI=1S/C6H15NS/c1-4(5(2)7)6(3)8/h4-6,8H,7H2,1-3H3. The van der Waals surface area contributed by atoms with Gasteiger partial charge in [0.2, 0.25) is 0 Å². The minimum atomic E-state index is 0.266. The van der Waals surface area contributed by atoms with Crippen LogP contribution >= 0.6 is 12.6 Å². The Morgan fingerprint density at radius 3 is 1.62 bits per heavy atom. The molecule has 0 aliphatic heterocycles. The molecule has 1 nitrogen and oxygen atoms in total. The van der Waals surface area contributed by atoms with E-state index in [0.717, 1.165) is 0 Å². The molecule has 50 valence electrons. The lowest BCUT2D eigenvalue weighted by Gasteiger charge is -2.17. The van der Waals surface area contributed by atoms with Gasteiger partial charge in [-0.1, -0.05) is 13.8 Å². The van der Waals surface area contributed by atoms with Crippen molar-refractivity contribution < 1.29 is 0 Å². The van der Waals surface area contributed by atoms with Gasteiger partial charge in [0, 0.05) is 11.3 Å². The fourth-order valence-corrected chi connectivity index (χ4v) is 0.711. The minimum Gasteiger partial charge on any atom is -0.328 e. The van der Waals surface area contributed by atoms with Gasteiger partial charge in [0.1, 0.15) is 0 Å². The maximum absolute atomic E-state index is 5.59. The molecule has 0 bridgehead atoms. The van der Waals surface area contributed by atoms with E-state index < -0.39 is 0 Å². The third kappa shape index (κ3) is 2.58. The first-order valence-corrected chi connectivity index (χ1v) is 3.51. The second kappa shape index (κ2) is 3.36. The molecular weight excluding hydrogens is 118 g/mol. The van der Waals surface area contributed by atoms with Crippen LogP contribution in [0.25, 0.3) is 0 Å². The lowest BCUT2D eigenvalue weighted by atomic mass is 10.0. The number of thiol groups is 1. The molecule has 0 saturated heterocycles. The maximum Gasteiger partial charge on any atom is 0.00464 e. The summed E-state index contributed by atoms with van der Waals surface area (Å²) in [6, 6.07) is 0.266. The quantitative estimate of drug-likeness (QED) is 0.545. The Hall–Kier alpha value is 0.310. The van der Waals surface area contributed by atoms with Crippen molar-refractivity contribution in [3.8, 4) is 0 Å². The van der Waals surface area contributed by atoms with Gasteiger partial charge in [-0.05, 0) is 12.8 Å². The van der Waals surface area contributed by atoms with Gasteiger partial charge in [0.25, 0.3) is 0 Å². The van der Waals surface area contributed by atoms with E-state index in [4.69, 9.17) is 5.73 Å². The molecule has 0 rings (SSSR count). The minimum absolute atomic E-state index is 0.266. The largest absolute Gasteiger partial charge is 0.328 e. The SMILES string of the molecule is CC(N)C(C)C(C)S. The van der Waals surface area contributed by atoms with Gasteiger partial charge in [-0.2, -0.15) is 12.6 Å². The van der Waals surface area contributed by atoms with Crippen molar-refractivity contribution in [3.05, 3.63) is 0 Å². The molecule has 0 amide bonds. The summed E-state index contributed by atoms with van der Waals surface area (Å²) in [6.45, 7) is 6.19. The summed E-state index contributed by atoms with van der Waals surface area (Å²) in [5.41, 5.74) is 5.59. The predicted molar refractivity (Wildman–Crippen MR) is 41.3 cm³/mol. The third-order valence-corrected chi connectivity index (χ3v) is 2.06. The Balaban J connectivity index is 3.46. The van der Waals surface area contributed by atoms with Crippen LogP contribution in [0.15, 0.2) is 0 Å². The van der Waals surface area contributed by atoms with E-state index in [1.54, 1.807) is 0 Å². The van der Waals surface area contributed by atoms with E-state index in [-0.39, 0.29) is 6.04 Å². The van der Waals surface area contributed by atoms with Crippen LogP contribution in [0.1, 0.15) is 20.8 Å². The van der Waals surface area contributed by atoms with Crippen molar-refractivity contribution in [1.82, 2.24) is 0 Å². The van der Waals surface area contributed by atoms with Gasteiger partial charge in [0.05, 0.1) is 0 Å². The Kier molecular flexibility index (Phi) is 3.49. The topological polar surface area (TPSA) is 26.0 Å². The van der Waals surface area contributed by atoms with Crippen LogP contribution in [0.3, 0.4) is 0 Å². The van der Waals surface area contributed by atoms with Gasteiger partial charge in [-0.15, -0.1) is 0 Å². The Bertz CT molecular complexity index is 53.5. The highest BCUT2D eigenvalue weighted by atomic mass is 32.1. The lowest BCUT2D eigenvalue weighted by molar-refractivity contribution is 0.482. The van der Waals surface area contributed by atoms with Gasteiger partial charge in [-0.3, -0.25) is 0 Å². The van der Waals surface area contributed by atoms with Crippen molar-refractivity contribution in [2.45, 2.75) is 32.1 Å². The molecule has 3 unspecified atom stereocenters. The highest BCUT2D eigenvalue weighted by Crippen LogP contribution is 2.10. The zero-order chi connectivity index (χ0) is 6.73. The fourth-order valence-electron chi connectivity index (χ4n) is 0.439. The molecule has 0 heterocycles. The molecule has 0 aromatic rings. The first-order valence-electron chi connectivity index (χ1n) is 2.99. The van der Waals surface area contributed by atoms with Gasteiger partial charge < -0.3 is 5.73 Å². The van der Waals surface area contributed by atoms with Gasteiger partial charge in [-0.25, -0.2) is 0 Å². The average molecular weight is 133 g/mol. The molecule has 8 heavy (non-hydrogen) atoms. The summed E-state index contributed by atoms with van der Waals surface area (Å²) in [6.07, 6.45) is 0. The molecule has 0 aliphatic carbocycles. The summed E-state index contributed by atoms with van der Waals surface area (Å²) in [5.74, 6) is 0.512. The Labute approximate surface area is 57.1 Å². The summed E-state index contributed by atoms with van der Waals surface area (Å²) in [7, 11) is 0. The molecular formula is C6H15NS. The van der Waals surface area contributed by atoms with Crippen molar-refractivity contribution in [2.24, 2.45) is 11.7 Å². The summed E-state index contributed by atoms with van der Waals surface area (Å²) >= 11 is 4.25. The van der Waals surface area contributed by atoms with Crippen LogP contribution < -0.4 is 5.73 Å². The molecule has 3 atom stereocenters. The number of hydrogen-bond donors (Lipinski definition) is 2. The van der Waals surface area contributed by atoms with Crippen LogP contribution in [0.4, 0.5) is 0 Å². The van der Waals surface area contributed by atoms with E-state index in [2.05, 4.69) is 26.5 Å². The summed E-state index contributed by atoms with van der Waals surface area (Å²) < 4.78 is 0. The van der Waals surface area contributed by atoms with E-state index >= 15 is 0 Å². The van der Waals surface area contributed by atoms with Crippen LogP contribution in [-0.2, 0) is 0 Å². The molecule has 0 aromatic heterocycles. The fraction of sp³-hybridized carbons (Fsp3) is 1.00. The number of hydrogen-bond acceptors (Lipinski definition) is 2. The third-order valence-electron chi connectivity index (χ3n) is 1.59. The molecule has 0 spiro atoms. The monoisotopic (exact) mass is 133 g/mol. The van der Waals surface area contributed by atoms with Gasteiger partial charge in [0.15, 0.2) is 0 Å². The van der Waals surface area contributed by atoms with Crippen molar-refractivity contribution >= 4 is 12.6 Å². The van der Waals surface area contributed by atoms with E-state index in [0.29, 0.717) is 11.2 Å². The molecule has 2 heteroatoms. The molecule has 0 radical (unpaired) electrons. The average Bonchev–Trinajstić information content (AvgIpc) is 1.64. The maximum atomic E-state index is 5.59. The second-order valence-electron chi connectivity index (χ2n) is 2.46. The molecule has 0 saturated carbocycles. The van der Waals surface area contributed by atoms with Crippen LogP contribution in [0.5, 0.6) is 0 Å². The lowest BCUT2D eigenvalue weighted by Crippen LogP contribution is -2.29. The molecule has 0 fully saturated rings. The van der Waals surface area contributed by atoms with Crippen LogP contribution in [-0.4, -0.2) is 11.3 Å². The van der Waals surface area contributed by atoms with Crippen LogP contribution in [0, 0.1) is 5.92 Å². The second-order valence-corrected chi connectivity index (χ2v) is 3.27. The number of rotatable bonds is 2. The number of nitrogens with two attached hydrogens (primary N) is 1. The van der Waals surface area contributed by atoms with E-state index in [9.17, 15) is 0 Å².